The zero-order valence-corrected chi connectivity index (χ0v) is 23.8. The summed E-state index contributed by atoms with van der Waals surface area (Å²) in [6.45, 7) is 0.300. The molecule has 0 saturated heterocycles. The van der Waals surface area contributed by atoms with Gasteiger partial charge in [-0.3, -0.25) is 9.59 Å². The van der Waals surface area contributed by atoms with Crippen molar-refractivity contribution in [3.63, 3.8) is 0 Å². The topological polar surface area (TPSA) is 77.1 Å². The van der Waals surface area contributed by atoms with Crippen LogP contribution in [0.25, 0.3) is 0 Å². The molecule has 0 heterocycles. The highest BCUT2D eigenvalue weighted by molar-refractivity contribution is 6.32. The molecule has 0 spiro atoms. The average Bonchev–Trinajstić information content (AvgIpc) is 3.01. The van der Waals surface area contributed by atoms with Crippen molar-refractivity contribution in [2.75, 3.05) is 27.4 Å². The number of benzene rings is 4. The maximum atomic E-state index is 13.8. The standard InChI is InChI=1S/C33H33ClN2O5/c1-39-29-18-17-24(21-30(29)40-2)19-20-35-33(38)32(26-13-7-4-8-14-26)36(22-25-11-5-3-6-12-25)31(37)23-41-28-16-10-9-15-27(28)34/h3-18,21,32H,19-20,22-23H2,1-2H3,(H,35,38). The van der Waals surface area contributed by atoms with E-state index in [9.17, 15) is 9.59 Å². The van der Waals surface area contributed by atoms with Crippen LogP contribution in [0.5, 0.6) is 17.2 Å². The van der Waals surface area contributed by atoms with Crippen LogP contribution in [0, 0.1) is 0 Å². The lowest BCUT2D eigenvalue weighted by atomic mass is 10.0. The Balaban J connectivity index is 1.56. The first-order valence-corrected chi connectivity index (χ1v) is 13.6. The molecule has 1 unspecified atom stereocenters. The lowest BCUT2D eigenvalue weighted by Crippen LogP contribution is -2.45. The number of hydrogen-bond donors (Lipinski definition) is 1. The summed E-state index contributed by atoms with van der Waals surface area (Å²) >= 11 is 6.24. The van der Waals surface area contributed by atoms with Crippen LogP contribution in [-0.2, 0) is 22.6 Å². The number of carbonyl (C=O) groups is 2. The molecule has 4 aromatic rings. The Morgan fingerprint density at radius 1 is 0.780 bits per heavy atom. The van der Waals surface area contributed by atoms with E-state index in [2.05, 4.69) is 5.32 Å². The molecule has 2 amide bonds. The number of hydrogen-bond acceptors (Lipinski definition) is 5. The Morgan fingerprint density at radius 3 is 2.12 bits per heavy atom. The Bertz CT molecular complexity index is 1430. The quantitative estimate of drug-likeness (QED) is 0.217. The van der Waals surface area contributed by atoms with E-state index in [1.807, 2.05) is 78.9 Å². The average molecular weight is 573 g/mol. The van der Waals surface area contributed by atoms with E-state index >= 15 is 0 Å². The minimum atomic E-state index is -0.885. The molecule has 0 aliphatic heterocycles. The minimum absolute atomic E-state index is 0.216. The lowest BCUT2D eigenvalue weighted by molar-refractivity contribution is -0.143. The third-order valence-electron chi connectivity index (χ3n) is 6.54. The van der Waals surface area contributed by atoms with Crippen molar-refractivity contribution in [1.29, 1.82) is 0 Å². The van der Waals surface area contributed by atoms with Crippen LogP contribution in [0.2, 0.25) is 5.02 Å². The monoisotopic (exact) mass is 572 g/mol. The molecule has 7 nitrogen and oxygen atoms in total. The number of carbonyl (C=O) groups excluding carboxylic acids is 2. The van der Waals surface area contributed by atoms with E-state index in [1.165, 1.54) is 0 Å². The Labute approximate surface area is 245 Å². The maximum absolute atomic E-state index is 13.8. The largest absolute Gasteiger partial charge is 0.493 e. The van der Waals surface area contributed by atoms with Crippen LogP contribution < -0.4 is 19.5 Å². The van der Waals surface area contributed by atoms with Gasteiger partial charge in [0.15, 0.2) is 18.1 Å². The second-order valence-corrected chi connectivity index (χ2v) is 9.68. The number of amides is 2. The third-order valence-corrected chi connectivity index (χ3v) is 6.85. The van der Waals surface area contributed by atoms with Crippen LogP contribution >= 0.6 is 11.6 Å². The first-order chi connectivity index (χ1) is 20.0. The highest BCUT2D eigenvalue weighted by Gasteiger charge is 2.31. The molecule has 4 rings (SSSR count). The highest BCUT2D eigenvalue weighted by atomic mass is 35.5. The molecular weight excluding hydrogens is 540 g/mol. The van der Waals surface area contributed by atoms with Gasteiger partial charge >= 0.3 is 0 Å². The third kappa shape index (κ3) is 8.02. The predicted octanol–water partition coefficient (Wildman–Crippen LogP) is 5.87. The van der Waals surface area contributed by atoms with Crippen molar-refractivity contribution in [2.45, 2.75) is 19.0 Å². The summed E-state index contributed by atoms with van der Waals surface area (Å²) in [5.41, 5.74) is 2.56. The lowest BCUT2D eigenvalue weighted by Gasteiger charge is -2.31. The van der Waals surface area contributed by atoms with E-state index < -0.39 is 6.04 Å². The second kappa shape index (κ2) is 14.8. The predicted molar refractivity (Wildman–Crippen MR) is 159 cm³/mol. The van der Waals surface area contributed by atoms with Gasteiger partial charge in [0.05, 0.1) is 19.2 Å². The van der Waals surface area contributed by atoms with Gasteiger partial charge in [-0.05, 0) is 47.4 Å². The summed E-state index contributed by atoms with van der Waals surface area (Å²) in [7, 11) is 3.17. The number of nitrogens with one attached hydrogen (secondary N) is 1. The number of rotatable bonds is 13. The van der Waals surface area contributed by atoms with Gasteiger partial charge in [-0.25, -0.2) is 0 Å². The summed E-state index contributed by atoms with van der Waals surface area (Å²) in [4.78, 5) is 29.1. The molecule has 41 heavy (non-hydrogen) atoms. The molecule has 0 aliphatic carbocycles. The molecule has 0 aromatic heterocycles. The second-order valence-electron chi connectivity index (χ2n) is 9.27. The van der Waals surface area contributed by atoms with Gasteiger partial charge in [-0.2, -0.15) is 0 Å². The molecule has 1 N–H and O–H groups in total. The molecule has 4 aromatic carbocycles. The van der Waals surface area contributed by atoms with E-state index in [0.717, 1.165) is 11.1 Å². The van der Waals surface area contributed by atoms with Gasteiger partial charge in [-0.1, -0.05) is 90.5 Å². The van der Waals surface area contributed by atoms with Crippen molar-refractivity contribution in [3.05, 3.63) is 125 Å². The Kier molecular flexibility index (Phi) is 10.6. The van der Waals surface area contributed by atoms with Gasteiger partial charge in [0.2, 0.25) is 5.91 Å². The van der Waals surface area contributed by atoms with Crippen LogP contribution in [-0.4, -0.2) is 44.1 Å². The summed E-state index contributed by atoms with van der Waals surface area (Å²) in [6, 6.07) is 30.6. The van der Waals surface area contributed by atoms with Gasteiger partial charge in [-0.15, -0.1) is 0 Å². The number of para-hydroxylation sites is 1. The van der Waals surface area contributed by atoms with Gasteiger partial charge in [0, 0.05) is 13.1 Å². The molecule has 0 bridgehead atoms. The van der Waals surface area contributed by atoms with Gasteiger partial charge in [0.25, 0.3) is 5.91 Å². The number of nitrogens with zero attached hydrogens (tertiary/aromatic N) is 1. The smallest absolute Gasteiger partial charge is 0.261 e. The fourth-order valence-corrected chi connectivity index (χ4v) is 4.65. The highest BCUT2D eigenvalue weighted by Crippen LogP contribution is 2.28. The van der Waals surface area contributed by atoms with Crippen molar-refractivity contribution in [1.82, 2.24) is 10.2 Å². The summed E-state index contributed by atoms with van der Waals surface area (Å²) in [5.74, 6) is 1.02. The summed E-state index contributed by atoms with van der Waals surface area (Å²) in [5, 5.41) is 3.44. The molecule has 0 aliphatic rings. The van der Waals surface area contributed by atoms with Crippen LogP contribution in [0.1, 0.15) is 22.7 Å². The van der Waals surface area contributed by atoms with Crippen molar-refractivity contribution >= 4 is 23.4 Å². The van der Waals surface area contributed by atoms with Crippen LogP contribution in [0.4, 0.5) is 0 Å². The summed E-state index contributed by atoms with van der Waals surface area (Å²) in [6.07, 6.45) is 0.565. The molecular formula is C33H33ClN2O5. The van der Waals surface area contributed by atoms with E-state index in [4.69, 9.17) is 25.8 Å². The van der Waals surface area contributed by atoms with Crippen molar-refractivity contribution in [2.24, 2.45) is 0 Å². The van der Waals surface area contributed by atoms with E-state index in [0.29, 0.717) is 40.8 Å². The molecule has 0 radical (unpaired) electrons. The van der Waals surface area contributed by atoms with E-state index in [-0.39, 0.29) is 25.0 Å². The van der Waals surface area contributed by atoms with Crippen LogP contribution in [0.3, 0.4) is 0 Å². The Morgan fingerprint density at radius 2 is 1.44 bits per heavy atom. The molecule has 212 valence electrons. The van der Waals surface area contributed by atoms with Crippen LogP contribution in [0.15, 0.2) is 103 Å². The number of methoxy groups -OCH3 is 2. The first kappa shape index (κ1) is 29.5. The zero-order chi connectivity index (χ0) is 29.0. The normalized spacial score (nSPS) is 11.3. The summed E-state index contributed by atoms with van der Waals surface area (Å²) < 4.78 is 16.5. The van der Waals surface area contributed by atoms with Crippen molar-refractivity contribution < 1.29 is 23.8 Å². The van der Waals surface area contributed by atoms with Gasteiger partial charge < -0.3 is 24.4 Å². The molecule has 0 saturated carbocycles. The fraction of sp³-hybridized carbons (Fsp3) is 0.212. The number of halogens is 1. The minimum Gasteiger partial charge on any atom is -0.493 e. The first-order valence-electron chi connectivity index (χ1n) is 13.2. The maximum Gasteiger partial charge on any atom is 0.261 e. The van der Waals surface area contributed by atoms with Crippen molar-refractivity contribution in [3.8, 4) is 17.2 Å². The zero-order valence-electron chi connectivity index (χ0n) is 23.1. The van der Waals surface area contributed by atoms with E-state index in [1.54, 1.807) is 43.4 Å². The molecule has 0 fully saturated rings. The number of ether oxygens (including phenoxy) is 3. The fourth-order valence-electron chi connectivity index (χ4n) is 4.46. The Hall–Kier alpha value is -4.49. The SMILES string of the molecule is COc1ccc(CCNC(=O)C(c2ccccc2)N(Cc2ccccc2)C(=O)COc2ccccc2Cl)cc1OC. The molecule has 8 heteroatoms. The van der Waals surface area contributed by atoms with Gasteiger partial charge in [0.1, 0.15) is 11.8 Å². The molecule has 1 atom stereocenters.